The second-order valence-corrected chi connectivity index (χ2v) is 5.30. The van der Waals surface area contributed by atoms with E-state index in [1.165, 1.54) is 6.07 Å². The van der Waals surface area contributed by atoms with Crippen molar-refractivity contribution in [3.63, 3.8) is 0 Å². The fourth-order valence-electron chi connectivity index (χ4n) is 1.80. The minimum absolute atomic E-state index is 0.0747. The number of rotatable bonds is 2. The van der Waals surface area contributed by atoms with Crippen LogP contribution >= 0.6 is 23.2 Å². The molecule has 20 heavy (non-hydrogen) atoms. The summed E-state index contributed by atoms with van der Waals surface area (Å²) in [5.41, 5.74) is 2.18. The van der Waals surface area contributed by atoms with Gasteiger partial charge in [0.1, 0.15) is 5.75 Å². The number of carbonyl (C=O) groups is 1. The lowest BCUT2D eigenvalue weighted by Crippen LogP contribution is -2.13. The number of phenols is 1. The van der Waals surface area contributed by atoms with Crippen LogP contribution in [0.2, 0.25) is 10.0 Å². The van der Waals surface area contributed by atoms with E-state index in [1.807, 2.05) is 6.92 Å². The van der Waals surface area contributed by atoms with Crippen LogP contribution in [0, 0.1) is 13.8 Å². The topological polar surface area (TPSA) is 49.3 Å². The van der Waals surface area contributed by atoms with Gasteiger partial charge in [0.05, 0.1) is 10.7 Å². The molecule has 0 aliphatic heterocycles. The molecule has 5 heteroatoms. The number of benzene rings is 2. The third kappa shape index (κ3) is 2.89. The number of nitrogens with one attached hydrogen (secondary N) is 1. The summed E-state index contributed by atoms with van der Waals surface area (Å²) >= 11 is 12.1. The number of amides is 1. The molecule has 0 aliphatic carbocycles. The van der Waals surface area contributed by atoms with Crippen LogP contribution in [0.3, 0.4) is 0 Å². The Morgan fingerprint density at radius 2 is 1.85 bits per heavy atom. The number of hydrogen-bond donors (Lipinski definition) is 2. The Hall–Kier alpha value is -1.71. The van der Waals surface area contributed by atoms with Gasteiger partial charge in [0, 0.05) is 16.1 Å². The summed E-state index contributed by atoms with van der Waals surface area (Å²) in [6.45, 7) is 3.51. The van der Waals surface area contributed by atoms with Gasteiger partial charge in [-0.15, -0.1) is 0 Å². The highest BCUT2D eigenvalue weighted by Crippen LogP contribution is 2.29. The molecule has 0 saturated heterocycles. The van der Waals surface area contributed by atoms with E-state index in [0.717, 1.165) is 5.56 Å². The summed E-state index contributed by atoms with van der Waals surface area (Å²) < 4.78 is 0. The van der Waals surface area contributed by atoms with E-state index in [0.29, 0.717) is 26.9 Å². The second-order valence-electron chi connectivity index (χ2n) is 4.49. The highest BCUT2D eigenvalue weighted by molar-refractivity contribution is 6.36. The molecular weight excluding hydrogens is 297 g/mol. The highest BCUT2D eigenvalue weighted by Gasteiger charge is 2.13. The van der Waals surface area contributed by atoms with Gasteiger partial charge >= 0.3 is 0 Å². The molecule has 104 valence electrons. The number of hydrogen-bond acceptors (Lipinski definition) is 2. The van der Waals surface area contributed by atoms with Crippen molar-refractivity contribution >= 4 is 34.8 Å². The van der Waals surface area contributed by atoms with E-state index in [2.05, 4.69) is 5.32 Å². The molecular formula is C15H13Cl2NO2. The van der Waals surface area contributed by atoms with Gasteiger partial charge in [-0.05, 0) is 43.7 Å². The van der Waals surface area contributed by atoms with Crippen LogP contribution in [0.4, 0.5) is 5.69 Å². The molecule has 0 aromatic heterocycles. The summed E-state index contributed by atoms with van der Waals surface area (Å²) in [4.78, 5) is 12.2. The Morgan fingerprint density at radius 1 is 1.15 bits per heavy atom. The van der Waals surface area contributed by atoms with E-state index in [9.17, 15) is 9.90 Å². The van der Waals surface area contributed by atoms with Crippen LogP contribution in [0.15, 0.2) is 30.3 Å². The lowest BCUT2D eigenvalue weighted by Gasteiger charge is -2.11. The molecule has 0 radical (unpaired) electrons. The predicted molar refractivity (Wildman–Crippen MR) is 82.0 cm³/mol. The van der Waals surface area contributed by atoms with Crippen LogP contribution in [0.25, 0.3) is 0 Å². The smallest absolute Gasteiger partial charge is 0.256 e. The largest absolute Gasteiger partial charge is 0.508 e. The first-order valence-corrected chi connectivity index (χ1v) is 6.71. The summed E-state index contributed by atoms with van der Waals surface area (Å²) in [5.74, 6) is -0.272. The standard InChI is InChI=1S/C15H13Cl2NO2/c1-8-6-12(17)13(7-11(8)16)18-15(20)10-4-3-5-14(19)9(10)2/h3-7,19H,1-2H3,(H,18,20). The highest BCUT2D eigenvalue weighted by atomic mass is 35.5. The summed E-state index contributed by atoms with van der Waals surface area (Å²) in [6.07, 6.45) is 0. The third-order valence-corrected chi connectivity index (χ3v) is 3.77. The lowest BCUT2D eigenvalue weighted by atomic mass is 10.1. The van der Waals surface area contributed by atoms with Crippen LogP contribution in [-0.4, -0.2) is 11.0 Å². The normalized spacial score (nSPS) is 10.4. The van der Waals surface area contributed by atoms with Crippen LogP contribution < -0.4 is 5.32 Å². The van der Waals surface area contributed by atoms with Gasteiger partial charge in [0.2, 0.25) is 0 Å². The van der Waals surface area contributed by atoms with Gasteiger partial charge in [-0.1, -0.05) is 29.3 Å². The first-order chi connectivity index (χ1) is 9.40. The first kappa shape index (κ1) is 14.7. The van der Waals surface area contributed by atoms with E-state index < -0.39 is 0 Å². The minimum Gasteiger partial charge on any atom is -0.508 e. The van der Waals surface area contributed by atoms with Crippen molar-refractivity contribution in [3.8, 4) is 5.75 Å². The number of halogens is 2. The SMILES string of the molecule is Cc1cc(Cl)c(NC(=O)c2cccc(O)c2C)cc1Cl. The van der Waals surface area contributed by atoms with Crippen molar-refractivity contribution in [2.24, 2.45) is 0 Å². The number of anilines is 1. The van der Waals surface area contributed by atoms with Gasteiger partial charge in [-0.2, -0.15) is 0 Å². The Bertz CT molecular complexity index is 684. The molecule has 0 spiro atoms. The van der Waals surface area contributed by atoms with Crippen LogP contribution in [-0.2, 0) is 0 Å². The number of aromatic hydroxyl groups is 1. The zero-order valence-corrected chi connectivity index (χ0v) is 12.5. The summed E-state index contributed by atoms with van der Waals surface area (Å²) in [5, 5.41) is 13.3. The van der Waals surface area contributed by atoms with Crippen molar-refractivity contribution < 1.29 is 9.90 Å². The number of carbonyl (C=O) groups excluding carboxylic acids is 1. The van der Waals surface area contributed by atoms with Crippen molar-refractivity contribution in [2.45, 2.75) is 13.8 Å². The number of phenolic OH excluding ortho intramolecular Hbond substituents is 1. The van der Waals surface area contributed by atoms with E-state index in [-0.39, 0.29) is 11.7 Å². The van der Waals surface area contributed by atoms with Gasteiger partial charge in [0.25, 0.3) is 5.91 Å². The van der Waals surface area contributed by atoms with E-state index in [1.54, 1.807) is 31.2 Å². The minimum atomic E-state index is -0.347. The van der Waals surface area contributed by atoms with Gasteiger partial charge in [0.15, 0.2) is 0 Å². The molecule has 2 aromatic carbocycles. The van der Waals surface area contributed by atoms with E-state index in [4.69, 9.17) is 23.2 Å². The van der Waals surface area contributed by atoms with Crippen molar-refractivity contribution in [3.05, 3.63) is 57.1 Å². The van der Waals surface area contributed by atoms with Crippen molar-refractivity contribution in [2.75, 3.05) is 5.32 Å². The fraction of sp³-hybridized carbons (Fsp3) is 0.133. The Morgan fingerprint density at radius 3 is 2.55 bits per heavy atom. The Balaban J connectivity index is 2.33. The molecule has 3 nitrogen and oxygen atoms in total. The molecule has 2 N–H and O–H groups in total. The fourth-order valence-corrected chi connectivity index (χ4v) is 2.23. The monoisotopic (exact) mass is 309 g/mol. The molecule has 0 atom stereocenters. The predicted octanol–water partition coefficient (Wildman–Crippen LogP) is 4.57. The average molecular weight is 310 g/mol. The molecule has 2 rings (SSSR count). The Kier molecular flexibility index (Phi) is 4.21. The summed E-state index contributed by atoms with van der Waals surface area (Å²) in [7, 11) is 0. The molecule has 0 heterocycles. The average Bonchev–Trinajstić information content (AvgIpc) is 2.39. The quantitative estimate of drug-likeness (QED) is 0.853. The molecule has 1 amide bonds. The van der Waals surface area contributed by atoms with Crippen molar-refractivity contribution in [1.29, 1.82) is 0 Å². The lowest BCUT2D eigenvalue weighted by molar-refractivity contribution is 0.102. The maximum absolute atomic E-state index is 12.2. The van der Waals surface area contributed by atoms with Gasteiger partial charge in [-0.3, -0.25) is 4.79 Å². The second kappa shape index (κ2) is 5.73. The van der Waals surface area contributed by atoms with Crippen LogP contribution in [0.1, 0.15) is 21.5 Å². The number of aryl methyl sites for hydroxylation is 1. The molecule has 0 saturated carbocycles. The molecule has 0 fully saturated rings. The summed E-state index contributed by atoms with van der Waals surface area (Å²) in [6, 6.07) is 8.07. The van der Waals surface area contributed by atoms with Gasteiger partial charge < -0.3 is 10.4 Å². The maximum atomic E-state index is 12.2. The zero-order valence-electron chi connectivity index (χ0n) is 11.0. The first-order valence-electron chi connectivity index (χ1n) is 5.95. The van der Waals surface area contributed by atoms with E-state index >= 15 is 0 Å². The molecule has 0 aliphatic rings. The molecule has 2 aromatic rings. The molecule has 0 unspecified atom stereocenters. The van der Waals surface area contributed by atoms with Crippen LogP contribution in [0.5, 0.6) is 5.75 Å². The van der Waals surface area contributed by atoms with Crippen molar-refractivity contribution in [1.82, 2.24) is 0 Å². The Labute approximate surface area is 127 Å². The zero-order chi connectivity index (χ0) is 14.9. The maximum Gasteiger partial charge on any atom is 0.256 e. The third-order valence-electron chi connectivity index (χ3n) is 3.05. The van der Waals surface area contributed by atoms with Gasteiger partial charge in [-0.25, -0.2) is 0 Å². The molecule has 0 bridgehead atoms.